The van der Waals surface area contributed by atoms with Crippen molar-refractivity contribution in [2.75, 3.05) is 13.7 Å². The fourth-order valence-electron chi connectivity index (χ4n) is 2.64. The quantitative estimate of drug-likeness (QED) is 0.791. The molecule has 1 aromatic heterocycles. The van der Waals surface area contributed by atoms with Crippen LogP contribution >= 0.6 is 0 Å². The van der Waals surface area contributed by atoms with Gasteiger partial charge in [-0.15, -0.1) is 0 Å². The lowest BCUT2D eigenvalue weighted by Crippen LogP contribution is -2.36. The maximum Gasteiger partial charge on any atom is 0.246 e. The summed E-state index contributed by atoms with van der Waals surface area (Å²) in [7, 11) is -1.90. The summed E-state index contributed by atoms with van der Waals surface area (Å²) in [6.07, 6.45) is 2.12. The number of aromatic nitrogens is 2. The summed E-state index contributed by atoms with van der Waals surface area (Å²) in [4.78, 5) is 0.301. The Kier molecular flexibility index (Phi) is 6.37. The molecule has 122 valence electrons. The second-order valence-corrected chi connectivity index (χ2v) is 7.23. The average Bonchev–Trinajstić information content (AvgIpc) is 2.72. The first-order chi connectivity index (χ1) is 9.81. The van der Waals surface area contributed by atoms with Crippen LogP contribution in [0.15, 0.2) is 4.90 Å². The van der Waals surface area contributed by atoms with Gasteiger partial charge in [0.05, 0.1) is 11.4 Å². The molecule has 0 amide bonds. The third-order valence-electron chi connectivity index (χ3n) is 3.94. The predicted octanol–water partition coefficient (Wildman–Crippen LogP) is 1.69. The van der Waals surface area contributed by atoms with E-state index in [1.807, 2.05) is 13.8 Å². The molecule has 0 saturated carbocycles. The highest BCUT2D eigenvalue weighted by atomic mass is 32.2. The lowest BCUT2D eigenvalue weighted by molar-refractivity contribution is 0.276. The maximum atomic E-state index is 12.8. The SMILES string of the molecule is CCC(CC)N(C)S(=O)(=O)c1c(C)nn(CCCO)c1C. The molecule has 21 heavy (non-hydrogen) atoms. The second kappa shape index (κ2) is 7.38. The smallest absolute Gasteiger partial charge is 0.246 e. The number of aliphatic hydroxyl groups excluding tert-OH is 1. The number of hydrogen-bond acceptors (Lipinski definition) is 4. The van der Waals surface area contributed by atoms with Crippen LogP contribution in [0.5, 0.6) is 0 Å². The van der Waals surface area contributed by atoms with E-state index in [0.29, 0.717) is 29.2 Å². The van der Waals surface area contributed by atoms with Crippen LogP contribution in [0.3, 0.4) is 0 Å². The predicted molar refractivity (Wildman–Crippen MR) is 82.7 cm³/mol. The summed E-state index contributed by atoms with van der Waals surface area (Å²) in [5, 5.41) is 13.2. The lowest BCUT2D eigenvalue weighted by atomic mass is 10.2. The standard InChI is InChI=1S/C14H27N3O3S/c1-6-13(7-2)16(5)21(19,20)14-11(3)15-17(12(14)4)9-8-10-18/h13,18H,6-10H2,1-5H3. The van der Waals surface area contributed by atoms with Crippen LogP contribution in [0, 0.1) is 13.8 Å². The Morgan fingerprint density at radius 3 is 2.33 bits per heavy atom. The van der Waals surface area contributed by atoms with Gasteiger partial charge in [-0.2, -0.15) is 9.40 Å². The van der Waals surface area contributed by atoms with Crippen LogP contribution in [0.25, 0.3) is 0 Å². The van der Waals surface area contributed by atoms with Crippen molar-refractivity contribution < 1.29 is 13.5 Å². The summed E-state index contributed by atoms with van der Waals surface area (Å²) < 4.78 is 28.8. The van der Waals surface area contributed by atoms with Crippen LogP contribution in [-0.2, 0) is 16.6 Å². The van der Waals surface area contributed by atoms with Gasteiger partial charge < -0.3 is 5.11 Å². The summed E-state index contributed by atoms with van der Waals surface area (Å²) >= 11 is 0. The number of aliphatic hydroxyl groups is 1. The largest absolute Gasteiger partial charge is 0.396 e. The van der Waals surface area contributed by atoms with E-state index in [4.69, 9.17) is 5.11 Å². The average molecular weight is 317 g/mol. The Bertz CT molecular complexity index is 562. The van der Waals surface area contributed by atoms with E-state index in [1.54, 1.807) is 25.6 Å². The van der Waals surface area contributed by atoms with Crippen molar-refractivity contribution in [3.8, 4) is 0 Å². The van der Waals surface area contributed by atoms with Crippen molar-refractivity contribution in [2.45, 2.75) is 64.4 Å². The van der Waals surface area contributed by atoms with Crippen molar-refractivity contribution in [3.63, 3.8) is 0 Å². The van der Waals surface area contributed by atoms with Crippen LogP contribution in [0.4, 0.5) is 0 Å². The minimum absolute atomic E-state index is 0.00501. The van der Waals surface area contributed by atoms with Gasteiger partial charge in [0.1, 0.15) is 4.90 Å². The molecule has 0 bridgehead atoms. The fourth-order valence-corrected chi connectivity index (χ4v) is 4.51. The second-order valence-electron chi connectivity index (χ2n) is 5.29. The number of aryl methyl sites for hydroxylation is 2. The zero-order chi connectivity index (χ0) is 16.2. The molecule has 1 rings (SSSR count). The Balaban J connectivity index is 3.22. The first-order valence-corrected chi connectivity index (χ1v) is 8.88. The molecule has 0 unspecified atom stereocenters. The highest BCUT2D eigenvalue weighted by Crippen LogP contribution is 2.25. The minimum Gasteiger partial charge on any atom is -0.396 e. The molecule has 0 aliphatic heterocycles. The molecule has 1 heterocycles. The number of rotatable bonds is 8. The number of nitrogens with zero attached hydrogens (tertiary/aromatic N) is 3. The van der Waals surface area contributed by atoms with Gasteiger partial charge in [0.25, 0.3) is 0 Å². The molecule has 7 heteroatoms. The van der Waals surface area contributed by atoms with Crippen LogP contribution < -0.4 is 0 Å². The van der Waals surface area contributed by atoms with E-state index in [0.717, 1.165) is 12.8 Å². The number of sulfonamides is 1. The van der Waals surface area contributed by atoms with E-state index < -0.39 is 10.0 Å². The molecule has 0 radical (unpaired) electrons. The molecular formula is C14H27N3O3S. The van der Waals surface area contributed by atoms with Gasteiger partial charge in [-0.3, -0.25) is 4.68 Å². The Morgan fingerprint density at radius 2 is 1.86 bits per heavy atom. The van der Waals surface area contributed by atoms with Crippen LogP contribution in [0.1, 0.15) is 44.5 Å². The van der Waals surface area contributed by atoms with Gasteiger partial charge >= 0.3 is 0 Å². The van der Waals surface area contributed by atoms with Crippen molar-refractivity contribution in [3.05, 3.63) is 11.4 Å². The van der Waals surface area contributed by atoms with E-state index in [1.165, 1.54) is 4.31 Å². The Labute approximate surface area is 127 Å². The molecule has 0 atom stereocenters. The van der Waals surface area contributed by atoms with Gasteiger partial charge in [-0.05, 0) is 33.1 Å². The zero-order valence-corrected chi connectivity index (χ0v) is 14.4. The molecule has 1 N–H and O–H groups in total. The van der Waals surface area contributed by atoms with Crippen LogP contribution in [0.2, 0.25) is 0 Å². The summed E-state index contributed by atoms with van der Waals surface area (Å²) in [5.74, 6) is 0. The van der Waals surface area contributed by atoms with E-state index >= 15 is 0 Å². The summed E-state index contributed by atoms with van der Waals surface area (Å²) in [5.41, 5.74) is 1.15. The van der Waals surface area contributed by atoms with Crippen molar-refractivity contribution in [1.29, 1.82) is 0 Å². The molecule has 0 aliphatic rings. The Hall–Kier alpha value is -0.920. The molecule has 0 aromatic carbocycles. The third-order valence-corrected chi connectivity index (χ3v) is 6.10. The maximum absolute atomic E-state index is 12.8. The molecule has 0 aliphatic carbocycles. The highest BCUT2D eigenvalue weighted by molar-refractivity contribution is 7.89. The normalized spacial score (nSPS) is 12.6. The monoisotopic (exact) mass is 317 g/mol. The van der Waals surface area contributed by atoms with Gasteiger partial charge in [-0.25, -0.2) is 8.42 Å². The topological polar surface area (TPSA) is 75.4 Å². The molecule has 0 fully saturated rings. The van der Waals surface area contributed by atoms with Gasteiger partial charge in [0.2, 0.25) is 10.0 Å². The first kappa shape index (κ1) is 18.1. The van der Waals surface area contributed by atoms with Crippen molar-refractivity contribution in [2.24, 2.45) is 0 Å². The third kappa shape index (κ3) is 3.64. The molecule has 1 aromatic rings. The summed E-state index contributed by atoms with van der Waals surface area (Å²) in [6, 6.07) is -0.00501. The fraction of sp³-hybridized carbons (Fsp3) is 0.786. The molecular weight excluding hydrogens is 290 g/mol. The number of hydrogen-bond donors (Lipinski definition) is 1. The van der Waals surface area contributed by atoms with Crippen molar-refractivity contribution in [1.82, 2.24) is 14.1 Å². The van der Waals surface area contributed by atoms with E-state index in [9.17, 15) is 8.42 Å². The molecule has 6 nitrogen and oxygen atoms in total. The molecule has 0 spiro atoms. The van der Waals surface area contributed by atoms with E-state index in [-0.39, 0.29) is 12.6 Å². The lowest BCUT2D eigenvalue weighted by Gasteiger charge is -2.25. The Morgan fingerprint density at radius 1 is 1.29 bits per heavy atom. The van der Waals surface area contributed by atoms with Gasteiger partial charge in [-0.1, -0.05) is 13.8 Å². The van der Waals surface area contributed by atoms with Crippen molar-refractivity contribution >= 4 is 10.0 Å². The first-order valence-electron chi connectivity index (χ1n) is 7.44. The van der Waals surface area contributed by atoms with Gasteiger partial charge in [0.15, 0.2) is 0 Å². The highest BCUT2D eigenvalue weighted by Gasteiger charge is 2.31. The minimum atomic E-state index is -3.54. The van der Waals surface area contributed by atoms with E-state index in [2.05, 4.69) is 5.10 Å². The van der Waals surface area contributed by atoms with Crippen LogP contribution in [-0.4, -0.2) is 47.3 Å². The zero-order valence-electron chi connectivity index (χ0n) is 13.6. The molecule has 0 saturated heterocycles. The summed E-state index contributed by atoms with van der Waals surface area (Å²) in [6.45, 7) is 8.05. The van der Waals surface area contributed by atoms with Gasteiger partial charge in [0, 0.05) is 26.2 Å².